The van der Waals surface area contributed by atoms with E-state index in [0.717, 1.165) is 6.54 Å². The molecule has 0 aromatic carbocycles. The van der Waals surface area contributed by atoms with Gasteiger partial charge in [0, 0.05) is 6.42 Å². The van der Waals surface area contributed by atoms with E-state index in [1.54, 1.807) is 0 Å². The molecule has 116 valence electrons. The van der Waals surface area contributed by atoms with Crippen LogP contribution in [0.1, 0.15) is 60.8 Å². The second-order valence-electron chi connectivity index (χ2n) is 7.35. The molecular weight excluding hydrogens is 258 g/mol. The van der Waals surface area contributed by atoms with Gasteiger partial charge in [0.1, 0.15) is 16.7 Å². The van der Waals surface area contributed by atoms with Gasteiger partial charge < -0.3 is 14.8 Å². The predicted molar refractivity (Wildman–Crippen MR) is 76.3 cm³/mol. The van der Waals surface area contributed by atoms with Crippen molar-refractivity contribution in [1.29, 1.82) is 0 Å². The van der Waals surface area contributed by atoms with Crippen LogP contribution in [0.5, 0.6) is 0 Å². The maximum Gasteiger partial charge on any atom is 0.326 e. The van der Waals surface area contributed by atoms with Gasteiger partial charge in [0.2, 0.25) is 0 Å². The van der Waals surface area contributed by atoms with Crippen molar-refractivity contribution >= 4 is 11.9 Å². The van der Waals surface area contributed by atoms with Crippen LogP contribution < -0.4 is 5.32 Å². The second-order valence-corrected chi connectivity index (χ2v) is 7.35. The lowest BCUT2D eigenvalue weighted by Gasteiger charge is -2.42. The third kappa shape index (κ3) is 5.12. The van der Waals surface area contributed by atoms with E-state index < -0.39 is 16.7 Å². The fourth-order valence-corrected chi connectivity index (χ4v) is 2.00. The van der Waals surface area contributed by atoms with Gasteiger partial charge in [0.05, 0.1) is 0 Å². The van der Waals surface area contributed by atoms with Crippen LogP contribution in [0, 0.1) is 0 Å². The van der Waals surface area contributed by atoms with Gasteiger partial charge in [-0.2, -0.15) is 0 Å². The Labute approximate surface area is 121 Å². The maximum absolute atomic E-state index is 12.2. The highest BCUT2D eigenvalue weighted by Gasteiger charge is 2.46. The monoisotopic (exact) mass is 285 g/mol. The van der Waals surface area contributed by atoms with Crippen molar-refractivity contribution in [2.75, 3.05) is 6.54 Å². The molecule has 5 nitrogen and oxygen atoms in total. The van der Waals surface area contributed by atoms with Crippen molar-refractivity contribution in [3.05, 3.63) is 0 Å². The van der Waals surface area contributed by atoms with E-state index in [9.17, 15) is 9.59 Å². The Morgan fingerprint density at radius 2 is 1.55 bits per heavy atom. The molecular formula is C15H27NO4. The summed E-state index contributed by atoms with van der Waals surface area (Å²) < 4.78 is 10.7. The molecule has 0 amide bonds. The van der Waals surface area contributed by atoms with Crippen molar-refractivity contribution in [1.82, 2.24) is 5.32 Å². The topological polar surface area (TPSA) is 64.6 Å². The number of hydrogen-bond acceptors (Lipinski definition) is 5. The SMILES string of the molecule is CC(C)(C)OC(=O)CCC1(C(=O)OC(C)(C)C)CCN1. The third-order valence-corrected chi connectivity index (χ3v) is 2.98. The molecule has 0 radical (unpaired) electrons. The summed E-state index contributed by atoms with van der Waals surface area (Å²) in [6, 6.07) is 0. The Morgan fingerprint density at radius 3 is 1.90 bits per heavy atom. The number of rotatable bonds is 4. The largest absolute Gasteiger partial charge is 0.460 e. The fraction of sp³-hybridized carbons (Fsp3) is 0.867. The molecule has 0 aromatic heterocycles. The Bertz CT molecular complexity index is 372. The molecule has 1 aliphatic rings. The molecule has 0 saturated carbocycles. The molecule has 20 heavy (non-hydrogen) atoms. The lowest BCUT2D eigenvalue weighted by Crippen LogP contribution is -2.63. The minimum absolute atomic E-state index is 0.212. The quantitative estimate of drug-likeness (QED) is 0.802. The molecule has 0 spiro atoms. The smallest absolute Gasteiger partial charge is 0.326 e. The molecule has 1 rings (SSSR count). The number of ether oxygens (including phenoxy) is 2. The first-order chi connectivity index (χ1) is 8.94. The summed E-state index contributed by atoms with van der Waals surface area (Å²) in [5, 5.41) is 3.12. The van der Waals surface area contributed by atoms with Crippen molar-refractivity contribution < 1.29 is 19.1 Å². The highest BCUT2D eigenvalue weighted by Crippen LogP contribution is 2.29. The standard InChI is InChI=1S/C15H27NO4/c1-13(2,3)19-11(17)7-8-15(9-10-16-15)12(18)20-14(4,5)6/h16H,7-10H2,1-6H3. The van der Waals surface area contributed by atoms with E-state index in [0.29, 0.717) is 12.8 Å². The van der Waals surface area contributed by atoms with Crippen molar-refractivity contribution in [2.45, 2.75) is 77.5 Å². The summed E-state index contributed by atoms with van der Waals surface area (Å²) in [4.78, 5) is 24.0. The van der Waals surface area contributed by atoms with Crippen LogP contribution in [0.2, 0.25) is 0 Å². The molecule has 1 atom stereocenters. The first-order valence-corrected chi connectivity index (χ1v) is 7.14. The molecule has 1 N–H and O–H groups in total. The minimum atomic E-state index is -0.718. The van der Waals surface area contributed by atoms with Gasteiger partial charge in [0.25, 0.3) is 0 Å². The summed E-state index contributed by atoms with van der Waals surface area (Å²) in [6.45, 7) is 11.8. The molecule has 0 aromatic rings. The zero-order valence-corrected chi connectivity index (χ0v) is 13.5. The van der Waals surface area contributed by atoms with Crippen LogP contribution in [0.25, 0.3) is 0 Å². The van der Waals surface area contributed by atoms with Crippen molar-refractivity contribution in [3.63, 3.8) is 0 Å². The Hall–Kier alpha value is -1.10. The van der Waals surface area contributed by atoms with E-state index in [1.807, 2.05) is 41.5 Å². The van der Waals surface area contributed by atoms with Crippen LogP contribution in [-0.2, 0) is 19.1 Å². The van der Waals surface area contributed by atoms with Gasteiger partial charge in [-0.15, -0.1) is 0 Å². The summed E-state index contributed by atoms with van der Waals surface area (Å²) in [6.07, 6.45) is 1.32. The number of hydrogen-bond donors (Lipinski definition) is 1. The van der Waals surface area contributed by atoms with E-state index >= 15 is 0 Å². The molecule has 5 heteroatoms. The van der Waals surface area contributed by atoms with E-state index in [1.165, 1.54) is 0 Å². The molecule has 1 unspecified atom stereocenters. The minimum Gasteiger partial charge on any atom is -0.460 e. The molecule has 1 fully saturated rings. The summed E-state index contributed by atoms with van der Waals surface area (Å²) in [5.41, 5.74) is -1.74. The second kappa shape index (κ2) is 5.72. The third-order valence-electron chi connectivity index (χ3n) is 2.98. The van der Waals surface area contributed by atoms with Gasteiger partial charge in [-0.3, -0.25) is 9.59 Å². The van der Waals surface area contributed by atoms with E-state index in [2.05, 4.69) is 5.32 Å². The predicted octanol–water partition coefficient (Wildman–Crippen LogP) is 2.18. The van der Waals surface area contributed by atoms with Gasteiger partial charge >= 0.3 is 11.9 Å². The Kier molecular flexibility index (Phi) is 4.85. The van der Waals surface area contributed by atoms with Crippen LogP contribution in [-0.4, -0.2) is 35.2 Å². The summed E-state index contributed by atoms with van der Waals surface area (Å²) in [7, 11) is 0. The van der Waals surface area contributed by atoms with E-state index in [-0.39, 0.29) is 18.4 Å². The lowest BCUT2D eigenvalue weighted by atomic mass is 9.83. The molecule has 0 aliphatic carbocycles. The van der Waals surface area contributed by atoms with Crippen molar-refractivity contribution in [3.8, 4) is 0 Å². The maximum atomic E-state index is 12.2. The number of carbonyl (C=O) groups excluding carboxylic acids is 2. The fourth-order valence-electron chi connectivity index (χ4n) is 2.00. The number of esters is 2. The number of carbonyl (C=O) groups is 2. The normalized spacial score (nSPS) is 22.9. The van der Waals surface area contributed by atoms with E-state index in [4.69, 9.17) is 9.47 Å². The van der Waals surface area contributed by atoms with Crippen LogP contribution in [0.3, 0.4) is 0 Å². The average molecular weight is 285 g/mol. The van der Waals surface area contributed by atoms with Crippen LogP contribution in [0.4, 0.5) is 0 Å². The highest BCUT2D eigenvalue weighted by molar-refractivity contribution is 5.83. The van der Waals surface area contributed by atoms with Gasteiger partial charge in [0.15, 0.2) is 0 Å². The van der Waals surface area contributed by atoms with Gasteiger partial charge in [-0.1, -0.05) is 0 Å². The molecule has 0 bridgehead atoms. The van der Waals surface area contributed by atoms with Crippen LogP contribution in [0.15, 0.2) is 0 Å². The number of nitrogens with one attached hydrogen (secondary N) is 1. The zero-order valence-electron chi connectivity index (χ0n) is 13.5. The molecule has 1 aliphatic heterocycles. The molecule has 1 heterocycles. The van der Waals surface area contributed by atoms with Crippen LogP contribution >= 0.6 is 0 Å². The summed E-state index contributed by atoms with van der Waals surface area (Å²) in [5.74, 6) is -0.561. The highest BCUT2D eigenvalue weighted by atomic mass is 16.6. The van der Waals surface area contributed by atoms with Gasteiger partial charge in [-0.25, -0.2) is 0 Å². The zero-order chi connectivity index (χ0) is 15.6. The summed E-state index contributed by atoms with van der Waals surface area (Å²) >= 11 is 0. The van der Waals surface area contributed by atoms with Gasteiger partial charge in [-0.05, 0) is 60.9 Å². The molecule has 1 saturated heterocycles. The lowest BCUT2D eigenvalue weighted by molar-refractivity contribution is -0.168. The first kappa shape index (κ1) is 17.0. The Morgan fingerprint density at radius 1 is 1.05 bits per heavy atom. The Balaban J connectivity index is 2.54. The van der Waals surface area contributed by atoms with Crippen molar-refractivity contribution in [2.24, 2.45) is 0 Å². The first-order valence-electron chi connectivity index (χ1n) is 7.14. The average Bonchev–Trinajstić information content (AvgIpc) is 2.09.